The highest BCUT2D eigenvalue weighted by Gasteiger charge is 2.07. The average molecular weight is 257 g/mol. The van der Waals surface area contributed by atoms with E-state index in [0.717, 1.165) is 25.2 Å². The van der Waals surface area contributed by atoms with Crippen LogP contribution in [0.15, 0.2) is 36.5 Å². The molecule has 0 unspecified atom stereocenters. The Labute approximate surface area is 115 Å². The van der Waals surface area contributed by atoms with Gasteiger partial charge in [-0.15, -0.1) is 0 Å². The zero-order chi connectivity index (χ0) is 13.7. The predicted octanol–water partition coefficient (Wildman–Crippen LogP) is 2.71. The number of hydrogen-bond donors (Lipinski definition) is 2. The van der Waals surface area contributed by atoms with Crippen LogP contribution in [0.1, 0.15) is 26.3 Å². The molecule has 0 saturated carbocycles. The lowest BCUT2D eigenvalue weighted by molar-refractivity contribution is 0.421. The molecule has 0 fully saturated rings. The summed E-state index contributed by atoms with van der Waals surface area (Å²) >= 11 is 0. The number of rotatable bonds is 5. The number of hydrogen-bond acceptors (Lipinski definition) is 3. The molecular formula is C16H23N3. The smallest absolute Gasteiger partial charge is 0.0705 e. The van der Waals surface area contributed by atoms with Crippen molar-refractivity contribution in [2.75, 3.05) is 13.1 Å². The van der Waals surface area contributed by atoms with E-state index in [1.54, 1.807) is 0 Å². The van der Waals surface area contributed by atoms with Crippen LogP contribution >= 0.6 is 0 Å². The van der Waals surface area contributed by atoms with Gasteiger partial charge in [0.1, 0.15) is 0 Å². The highest BCUT2D eigenvalue weighted by molar-refractivity contribution is 5.81. The Balaban J connectivity index is 1.88. The van der Waals surface area contributed by atoms with Gasteiger partial charge < -0.3 is 10.6 Å². The summed E-state index contributed by atoms with van der Waals surface area (Å²) in [5.41, 5.74) is 2.56. The highest BCUT2D eigenvalue weighted by Crippen LogP contribution is 2.15. The molecule has 0 radical (unpaired) electrons. The lowest BCUT2D eigenvalue weighted by atomic mass is 10.1. The van der Waals surface area contributed by atoms with Gasteiger partial charge in [-0.05, 0) is 38.5 Å². The van der Waals surface area contributed by atoms with Gasteiger partial charge in [0.25, 0.3) is 0 Å². The summed E-state index contributed by atoms with van der Waals surface area (Å²) in [5.74, 6) is 0. The first-order chi connectivity index (χ1) is 9.06. The Morgan fingerprint density at radius 1 is 1.05 bits per heavy atom. The molecule has 0 aliphatic rings. The van der Waals surface area contributed by atoms with E-state index >= 15 is 0 Å². The first-order valence-corrected chi connectivity index (χ1v) is 6.85. The Morgan fingerprint density at radius 2 is 1.84 bits per heavy atom. The van der Waals surface area contributed by atoms with Crippen LogP contribution < -0.4 is 10.6 Å². The van der Waals surface area contributed by atoms with Crippen molar-refractivity contribution in [3.8, 4) is 0 Å². The maximum absolute atomic E-state index is 4.38. The van der Waals surface area contributed by atoms with E-state index in [1.807, 2.05) is 12.3 Å². The number of aromatic nitrogens is 1. The zero-order valence-corrected chi connectivity index (χ0v) is 12.0. The molecule has 3 heteroatoms. The van der Waals surface area contributed by atoms with Crippen molar-refractivity contribution in [1.82, 2.24) is 15.6 Å². The molecule has 1 aromatic carbocycles. The van der Waals surface area contributed by atoms with Crippen molar-refractivity contribution < 1.29 is 0 Å². The van der Waals surface area contributed by atoms with Crippen molar-refractivity contribution in [3.05, 3.63) is 42.1 Å². The minimum absolute atomic E-state index is 0.186. The summed E-state index contributed by atoms with van der Waals surface area (Å²) in [6, 6.07) is 10.4. The molecule has 1 heterocycles. The summed E-state index contributed by atoms with van der Waals surface area (Å²) in [6.07, 6.45) is 1.88. The predicted molar refractivity (Wildman–Crippen MR) is 81.2 cm³/mol. The fourth-order valence-corrected chi connectivity index (χ4v) is 2.06. The summed E-state index contributed by atoms with van der Waals surface area (Å²) in [4.78, 5) is 4.38. The van der Waals surface area contributed by atoms with E-state index in [9.17, 15) is 0 Å². The van der Waals surface area contributed by atoms with Crippen LogP contribution in [-0.4, -0.2) is 23.6 Å². The highest BCUT2D eigenvalue weighted by atomic mass is 15.0. The molecule has 0 aliphatic carbocycles. The molecule has 0 aliphatic heterocycles. The third-order valence-electron chi connectivity index (χ3n) is 3.01. The van der Waals surface area contributed by atoms with Gasteiger partial charge in [0.15, 0.2) is 0 Å². The average Bonchev–Trinajstić information content (AvgIpc) is 2.37. The Morgan fingerprint density at radius 3 is 2.63 bits per heavy atom. The lowest BCUT2D eigenvalue weighted by Gasteiger charge is -2.20. The summed E-state index contributed by atoms with van der Waals surface area (Å²) in [6.45, 7) is 9.38. The number of fused-ring (bicyclic) bond motifs is 1. The van der Waals surface area contributed by atoms with Crippen molar-refractivity contribution in [1.29, 1.82) is 0 Å². The lowest BCUT2D eigenvalue weighted by Crippen LogP contribution is -2.40. The number of benzene rings is 1. The van der Waals surface area contributed by atoms with Crippen molar-refractivity contribution in [3.63, 3.8) is 0 Å². The molecule has 1 aromatic heterocycles. The van der Waals surface area contributed by atoms with Crippen LogP contribution in [0.5, 0.6) is 0 Å². The van der Waals surface area contributed by atoms with E-state index in [4.69, 9.17) is 0 Å². The van der Waals surface area contributed by atoms with Gasteiger partial charge in [-0.2, -0.15) is 0 Å². The Hall–Kier alpha value is -1.45. The second-order valence-electron chi connectivity index (χ2n) is 5.84. The molecular weight excluding hydrogens is 234 g/mol. The molecule has 2 N–H and O–H groups in total. The van der Waals surface area contributed by atoms with E-state index in [2.05, 4.69) is 60.7 Å². The standard InChI is InChI=1S/C16H23N3/c1-16(2,3)19-11-10-17-12-13-8-9-18-15-7-5-4-6-14(13)15/h4-9,17,19H,10-12H2,1-3H3. The van der Waals surface area contributed by atoms with Crippen LogP contribution in [0.25, 0.3) is 10.9 Å². The Kier molecular flexibility index (Phi) is 4.51. The van der Waals surface area contributed by atoms with Crippen molar-refractivity contribution in [2.45, 2.75) is 32.9 Å². The minimum atomic E-state index is 0.186. The van der Waals surface area contributed by atoms with E-state index in [0.29, 0.717) is 0 Å². The summed E-state index contributed by atoms with van der Waals surface area (Å²) in [5, 5.41) is 8.18. The fourth-order valence-electron chi connectivity index (χ4n) is 2.06. The number of pyridine rings is 1. The van der Waals surface area contributed by atoms with Crippen LogP contribution in [0.4, 0.5) is 0 Å². The minimum Gasteiger partial charge on any atom is -0.311 e. The van der Waals surface area contributed by atoms with Gasteiger partial charge in [0.2, 0.25) is 0 Å². The SMILES string of the molecule is CC(C)(C)NCCNCc1ccnc2ccccc12. The maximum atomic E-state index is 4.38. The van der Waals surface area contributed by atoms with Gasteiger partial charge in [0, 0.05) is 36.8 Å². The molecule has 0 atom stereocenters. The molecule has 3 nitrogen and oxygen atoms in total. The van der Waals surface area contributed by atoms with Crippen LogP contribution in [-0.2, 0) is 6.54 Å². The Bertz CT molecular complexity index is 524. The summed E-state index contributed by atoms with van der Waals surface area (Å²) in [7, 11) is 0. The monoisotopic (exact) mass is 257 g/mol. The molecule has 0 saturated heterocycles. The normalized spacial score (nSPS) is 11.9. The number of nitrogens with zero attached hydrogens (tertiary/aromatic N) is 1. The van der Waals surface area contributed by atoms with Crippen LogP contribution in [0, 0.1) is 0 Å². The number of nitrogens with one attached hydrogen (secondary N) is 2. The van der Waals surface area contributed by atoms with Crippen LogP contribution in [0.2, 0.25) is 0 Å². The first-order valence-electron chi connectivity index (χ1n) is 6.85. The van der Waals surface area contributed by atoms with Gasteiger partial charge in [-0.3, -0.25) is 4.98 Å². The first kappa shape index (κ1) is 14.0. The second-order valence-corrected chi connectivity index (χ2v) is 5.84. The van der Waals surface area contributed by atoms with Gasteiger partial charge in [0.05, 0.1) is 5.52 Å². The maximum Gasteiger partial charge on any atom is 0.0705 e. The quantitative estimate of drug-likeness (QED) is 0.809. The fraction of sp³-hybridized carbons (Fsp3) is 0.438. The third kappa shape index (κ3) is 4.30. The van der Waals surface area contributed by atoms with Gasteiger partial charge in [-0.1, -0.05) is 18.2 Å². The van der Waals surface area contributed by atoms with E-state index < -0.39 is 0 Å². The van der Waals surface area contributed by atoms with Crippen molar-refractivity contribution in [2.24, 2.45) is 0 Å². The molecule has 0 spiro atoms. The van der Waals surface area contributed by atoms with Gasteiger partial charge >= 0.3 is 0 Å². The molecule has 19 heavy (non-hydrogen) atoms. The third-order valence-corrected chi connectivity index (χ3v) is 3.01. The largest absolute Gasteiger partial charge is 0.311 e. The molecule has 0 amide bonds. The van der Waals surface area contributed by atoms with Crippen LogP contribution in [0.3, 0.4) is 0 Å². The summed E-state index contributed by atoms with van der Waals surface area (Å²) < 4.78 is 0. The van der Waals surface area contributed by atoms with Crippen molar-refractivity contribution >= 4 is 10.9 Å². The number of para-hydroxylation sites is 1. The molecule has 0 bridgehead atoms. The van der Waals surface area contributed by atoms with Gasteiger partial charge in [-0.25, -0.2) is 0 Å². The second kappa shape index (κ2) is 6.13. The van der Waals surface area contributed by atoms with E-state index in [1.165, 1.54) is 10.9 Å². The zero-order valence-electron chi connectivity index (χ0n) is 12.0. The molecule has 102 valence electrons. The molecule has 2 rings (SSSR count). The topological polar surface area (TPSA) is 37.0 Å². The van der Waals surface area contributed by atoms with E-state index in [-0.39, 0.29) is 5.54 Å². The molecule has 2 aromatic rings.